The summed E-state index contributed by atoms with van der Waals surface area (Å²) in [6.45, 7) is 0. The first kappa shape index (κ1) is 17.7. The summed E-state index contributed by atoms with van der Waals surface area (Å²) in [4.78, 5) is 20.4. The molecule has 1 amide bonds. The number of benzene rings is 2. The summed E-state index contributed by atoms with van der Waals surface area (Å²) in [5.41, 5.74) is 1.89. The van der Waals surface area contributed by atoms with Crippen molar-refractivity contribution < 1.29 is 4.79 Å². The Balaban J connectivity index is 1.68. The number of halogens is 2. The number of anilines is 3. The summed E-state index contributed by atoms with van der Waals surface area (Å²) < 4.78 is 0. The predicted octanol–water partition coefficient (Wildman–Crippen LogP) is 4.65. The molecule has 3 rings (SSSR count). The first-order valence-corrected chi connectivity index (χ1v) is 8.16. The Hall–Kier alpha value is -3.14. The van der Waals surface area contributed by atoms with E-state index in [9.17, 15) is 4.79 Å². The molecule has 1 aromatic heterocycles. The normalized spacial score (nSPS) is 10.0. The number of carbonyl (C=O) groups excluding carboxylic acids is 1. The van der Waals surface area contributed by atoms with Crippen LogP contribution < -0.4 is 10.6 Å². The van der Waals surface area contributed by atoms with Gasteiger partial charge in [-0.1, -0.05) is 23.2 Å². The van der Waals surface area contributed by atoms with Crippen LogP contribution in [0.15, 0.2) is 54.9 Å². The molecule has 0 bridgehead atoms. The second-order valence-electron chi connectivity index (χ2n) is 5.21. The molecule has 0 aliphatic carbocycles. The van der Waals surface area contributed by atoms with E-state index in [1.807, 2.05) is 6.07 Å². The van der Waals surface area contributed by atoms with E-state index >= 15 is 0 Å². The van der Waals surface area contributed by atoms with Crippen LogP contribution in [0, 0.1) is 11.3 Å². The summed E-state index contributed by atoms with van der Waals surface area (Å²) in [7, 11) is 0. The van der Waals surface area contributed by atoms with Gasteiger partial charge in [0.25, 0.3) is 5.91 Å². The molecule has 0 aliphatic heterocycles. The lowest BCUT2D eigenvalue weighted by Crippen LogP contribution is -2.14. The highest BCUT2D eigenvalue weighted by molar-refractivity contribution is 6.35. The third-order valence-corrected chi connectivity index (χ3v) is 3.73. The quantitative estimate of drug-likeness (QED) is 0.683. The predicted molar refractivity (Wildman–Crippen MR) is 101 cm³/mol. The Morgan fingerprint density at radius 2 is 1.65 bits per heavy atom. The Labute approximate surface area is 159 Å². The van der Waals surface area contributed by atoms with E-state index in [0.717, 1.165) is 0 Å². The summed E-state index contributed by atoms with van der Waals surface area (Å²) in [6, 6.07) is 13.5. The van der Waals surface area contributed by atoms with E-state index in [-0.39, 0.29) is 5.69 Å². The number of nitriles is 1. The van der Waals surface area contributed by atoms with E-state index in [0.29, 0.717) is 32.8 Å². The van der Waals surface area contributed by atoms with Crippen molar-refractivity contribution in [2.45, 2.75) is 0 Å². The largest absolute Gasteiger partial charge is 0.339 e. The number of aromatic nitrogens is 2. The zero-order valence-electron chi connectivity index (χ0n) is 13.2. The fraction of sp³-hybridized carbons (Fsp3) is 0. The first-order chi connectivity index (χ1) is 12.5. The summed E-state index contributed by atoms with van der Waals surface area (Å²) >= 11 is 11.9. The Kier molecular flexibility index (Phi) is 5.32. The second kappa shape index (κ2) is 7.83. The lowest BCUT2D eigenvalue weighted by molar-refractivity contribution is 0.102. The molecule has 1 heterocycles. The SMILES string of the molecule is N#Cc1ccc(NC(=O)c2cnc(Nc3cc(Cl)cc(Cl)c3)cn2)cc1. The summed E-state index contributed by atoms with van der Waals surface area (Å²) in [6.07, 6.45) is 2.79. The minimum Gasteiger partial charge on any atom is -0.339 e. The highest BCUT2D eigenvalue weighted by atomic mass is 35.5. The van der Waals surface area contributed by atoms with Gasteiger partial charge in [-0.15, -0.1) is 0 Å². The van der Waals surface area contributed by atoms with Crippen LogP contribution in [-0.2, 0) is 0 Å². The molecule has 0 fully saturated rings. The number of rotatable bonds is 4. The summed E-state index contributed by atoms with van der Waals surface area (Å²) in [5, 5.41) is 15.5. The number of hydrogen-bond donors (Lipinski definition) is 2. The molecule has 0 radical (unpaired) electrons. The monoisotopic (exact) mass is 383 g/mol. The lowest BCUT2D eigenvalue weighted by atomic mass is 10.2. The summed E-state index contributed by atoms with van der Waals surface area (Å²) in [5.74, 6) is 0.0396. The molecule has 8 heteroatoms. The van der Waals surface area contributed by atoms with Gasteiger partial charge in [-0.3, -0.25) is 4.79 Å². The average Bonchev–Trinajstić information content (AvgIpc) is 2.62. The Morgan fingerprint density at radius 3 is 2.23 bits per heavy atom. The number of nitrogens with zero attached hydrogens (tertiary/aromatic N) is 3. The highest BCUT2D eigenvalue weighted by Crippen LogP contribution is 2.24. The van der Waals surface area contributed by atoms with Crippen molar-refractivity contribution in [2.24, 2.45) is 0 Å². The van der Waals surface area contributed by atoms with E-state index in [1.54, 1.807) is 42.5 Å². The third kappa shape index (κ3) is 4.48. The maximum absolute atomic E-state index is 12.2. The number of amides is 1. The molecule has 0 aliphatic rings. The van der Waals surface area contributed by atoms with Crippen molar-refractivity contribution in [2.75, 3.05) is 10.6 Å². The minimum atomic E-state index is -0.403. The fourth-order valence-corrected chi connectivity index (χ4v) is 2.63. The zero-order chi connectivity index (χ0) is 18.5. The van der Waals surface area contributed by atoms with Crippen LogP contribution in [0.2, 0.25) is 10.0 Å². The van der Waals surface area contributed by atoms with Crippen LogP contribution in [0.3, 0.4) is 0 Å². The Morgan fingerprint density at radius 1 is 0.962 bits per heavy atom. The molecule has 0 atom stereocenters. The van der Waals surface area contributed by atoms with Crippen molar-refractivity contribution in [3.63, 3.8) is 0 Å². The minimum absolute atomic E-state index is 0.157. The van der Waals surface area contributed by atoms with Gasteiger partial charge in [0.1, 0.15) is 11.5 Å². The number of hydrogen-bond acceptors (Lipinski definition) is 5. The van der Waals surface area contributed by atoms with E-state index < -0.39 is 5.91 Å². The van der Waals surface area contributed by atoms with Crippen LogP contribution in [-0.4, -0.2) is 15.9 Å². The van der Waals surface area contributed by atoms with Crippen LogP contribution in [0.1, 0.15) is 16.1 Å². The van der Waals surface area contributed by atoms with E-state index in [1.165, 1.54) is 12.4 Å². The van der Waals surface area contributed by atoms with Gasteiger partial charge in [0.15, 0.2) is 0 Å². The van der Waals surface area contributed by atoms with Gasteiger partial charge in [-0.05, 0) is 42.5 Å². The maximum Gasteiger partial charge on any atom is 0.275 e. The van der Waals surface area contributed by atoms with Gasteiger partial charge in [0.2, 0.25) is 0 Å². The Bertz CT molecular complexity index is 962. The lowest BCUT2D eigenvalue weighted by Gasteiger charge is -2.08. The molecule has 0 saturated heterocycles. The molecule has 2 N–H and O–H groups in total. The van der Waals surface area contributed by atoms with Crippen molar-refractivity contribution in [3.8, 4) is 6.07 Å². The zero-order valence-corrected chi connectivity index (χ0v) is 14.7. The maximum atomic E-state index is 12.2. The smallest absolute Gasteiger partial charge is 0.275 e. The molecular weight excluding hydrogens is 373 g/mol. The molecule has 3 aromatic rings. The molecule has 6 nitrogen and oxygen atoms in total. The fourth-order valence-electron chi connectivity index (χ4n) is 2.11. The number of nitrogens with one attached hydrogen (secondary N) is 2. The van der Waals surface area contributed by atoms with Crippen LogP contribution in [0.25, 0.3) is 0 Å². The standard InChI is InChI=1S/C18H11Cl2N5O/c19-12-5-13(20)7-15(6-12)24-17-10-22-16(9-23-17)18(26)25-14-3-1-11(8-21)2-4-14/h1-7,9-10H,(H,23,24)(H,25,26). The number of carbonyl (C=O) groups is 1. The first-order valence-electron chi connectivity index (χ1n) is 7.40. The van der Waals surface area contributed by atoms with Gasteiger partial charge < -0.3 is 10.6 Å². The van der Waals surface area contributed by atoms with Gasteiger partial charge in [-0.25, -0.2) is 9.97 Å². The molecule has 26 heavy (non-hydrogen) atoms. The molecule has 0 saturated carbocycles. The molecule has 0 unspecified atom stereocenters. The van der Waals surface area contributed by atoms with Crippen LogP contribution >= 0.6 is 23.2 Å². The average molecular weight is 384 g/mol. The van der Waals surface area contributed by atoms with Crippen LogP contribution in [0.5, 0.6) is 0 Å². The highest BCUT2D eigenvalue weighted by Gasteiger charge is 2.09. The van der Waals surface area contributed by atoms with Gasteiger partial charge >= 0.3 is 0 Å². The third-order valence-electron chi connectivity index (χ3n) is 3.29. The molecule has 128 valence electrons. The molecule has 0 spiro atoms. The van der Waals surface area contributed by atoms with Crippen molar-refractivity contribution >= 4 is 46.3 Å². The molecular formula is C18H11Cl2N5O. The molecule has 2 aromatic carbocycles. The van der Waals surface area contributed by atoms with E-state index in [2.05, 4.69) is 20.6 Å². The topological polar surface area (TPSA) is 90.7 Å². The van der Waals surface area contributed by atoms with Crippen molar-refractivity contribution in [1.82, 2.24) is 9.97 Å². The van der Waals surface area contributed by atoms with Crippen LogP contribution in [0.4, 0.5) is 17.2 Å². The van der Waals surface area contributed by atoms with Gasteiger partial charge in [0.05, 0.1) is 24.0 Å². The second-order valence-corrected chi connectivity index (χ2v) is 6.09. The van der Waals surface area contributed by atoms with Gasteiger partial charge in [-0.2, -0.15) is 5.26 Å². The van der Waals surface area contributed by atoms with Crippen molar-refractivity contribution in [1.29, 1.82) is 5.26 Å². The van der Waals surface area contributed by atoms with Crippen molar-refractivity contribution in [3.05, 3.63) is 76.2 Å². The van der Waals surface area contributed by atoms with E-state index in [4.69, 9.17) is 28.5 Å². The van der Waals surface area contributed by atoms with Gasteiger partial charge in [0, 0.05) is 21.4 Å².